The molecule has 92 valence electrons. The summed E-state index contributed by atoms with van der Waals surface area (Å²) in [6.45, 7) is 6.56. The normalized spacial score (nSPS) is 17.0. The summed E-state index contributed by atoms with van der Waals surface area (Å²) in [7, 11) is 0. The van der Waals surface area contributed by atoms with E-state index in [-0.39, 0.29) is 11.9 Å². The molecule has 4 nitrogen and oxygen atoms in total. The number of hydrogen-bond acceptors (Lipinski definition) is 2. The van der Waals surface area contributed by atoms with Crippen LogP contribution in [0.5, 0.6) is 0 Å². The summed E-state index contributed by atoms with van der Waals surface area (Å²) in [6.07, 6.45) is 3.27. The molecule has 0 saturated carbocycles. The second-order valence-corrected chi connectivity index (χ2v) is 4.56. The van der Waals surface area contributed by atoms with Gasteiger partial charge in [0.15, 0.2) is 5.11 Å². The molecule has 1 unspecified atom stereocenters. The van der Waals surface area contributed by atoms with Crippen molar-refractivity contribution in [2.45, 2.75) is 39.2 Å². The standard InChI is InChI=1S/C11H21N3OS/c1-3-6-12-11(16)13-9(2)10(15)14-7-4-5-8-14/h9H,3-8H2,1-2H3,(H2,12,13,16). The topological polar surface area (TPSA) is 44.4 Å². The van der Waals surface area contributed by atoms with Gasteiger partial charge in [-0.25, -0.2) is 0 Å². The first-order valence-corrected chi connectivity index (χ1v) is 6.39. The Morgan fingerprint density at radius 1 is 1.44 bits per heavy atom. The van der Waals surface area contributed by atoms with Gasteiger partial charge in [-0.3, -0.25) is 4.79 Å². The van der Waals surface area contributed by atoms with Crippen LogP contribution in [0.2, 0.25) is 0 Å². The fraction of sp³-hybridized carbons (Fsp3) is 0.818. The molecule has 0 aromatic rings. The van der Waals surface area contributed by atoms with Gasteiger partial charge in [0, 0.05) is 19.6 Å². The lowest BCUT2D eigenvalue weighted by Gasteiger charge is -2.22. The Hall–Kier alpha value is -0.840. The number of likely N-dealkylation sites (tertiary alicyclic amines) is 1. The van der Waals surface area contributed by atoms with E-state index in [2.05, 4.69) is 17.6 Å². The highest BCUT2D eigenvalue weighted by atomic mass is 32.1. The number of hydrogen-bond donors (Lipinski definition) is 2. The minimum Gasteiger partial charge on any atom is -0.363 e. The highest BCUT2D eigenvalue weighted by Crippen LogP contribution is 2.08. The van der Waals surface area contributed by atoms with Crippen molar-refractivity contribution in [3.63, 3.8) is 0 Å². The Kier molecular flexibility index (Phi) is 5.52. The van der Waals surface area contributed by atoms with Gasteiger partial charge in [-0.2, -0.15) is 0 Å². The van der Waals surface area contributed by atoms with Crippen LogP contribution >= 0.6 is 12.2 Å². The van der Waals surface area contributed by atoms with Gasteiger partial charge in [0.05, 0.1) is 0 Å². The fourth-order valence-electron chi connectivity index (χ4n) is 1.76. The van der Waals surface area contributed by atoms with Crippen LogP contribution in [0.1, 0.15) is 33.1 Å². The molecule has 1 saturated heterocycles. The number of carbonyl (C=O) groups excluding carboxylic acids is 1. The van der Waals surface area contributed by atoms with E-state index in [1.165, 1.54) is 0 Å². The predicted octanol–water partition coefficient (Wildman–Crippen LogP) is 0.871. The molecule has 0 aromatic carbocycles. The zero-order valence-corrected chi connectivity index (χ0v) is 10.9. The molecule has 16 heavy (non-hydrogen) atoms. The van der Waals surface area contributed by atoms with Gasteiger partial charge in [-0.1, -0.05) is 6.92 Å². The average Bonchev–Trinajstić information content (AvgIpc) is 2.78. The van der Waals surface area contributed by atoms with E-state index in [0.29, 0.717) is 5.11 Å². The lowest BCUT2D eigenvalue weighted by Crippen LogP contribution is -2.49. The molecule has 1 aliphatic heterocycles. The zero-order valence-electron chi connectivity index (χ0n) is 10.1. The Balaban J connectivity index is 2.30. The Bertz CT molecular complexity index is 252. The van der Waals surface area contributed by atoms with Gasteiger partial charge >= 0.3 is 0 Å². The largest absolute Gasteiger partial charge is 0.363 e. The Morgan fingerprint density at radius 3 is 2.62 bits per heavy atom. The van der Waals surface area contributed by atoms with E-state index in [0.717, 1.165) is 38.9 Å². The molecule has 1 heterocycles. The molecular weight excluding hydrogens is 222 g/mol. The SMILES string of the molecule is CCCNC(=S)NC(C)C(=O)N1CCCC1. The summed E-state index contributed by atoms with van der Waals surface area (Å²) < 4.78 is 0. The summed E-state index contributed by atoms with van der Waals surface area (Å²) in [5.41, 5.74) is 0. The third-order valence-corrected chi connectivity index (χ3v) is 2.93. The zero-order chi connectivity index (χ0) is 12.0. The lowest BCUT2D eigenvalue weighted by molar-refractivity contribution is -0.131. The predicted molar refractivity (Wildman–Crippen MR) is 69.3 cm³/mol. The molecule has 5 heteroatoms. The minimum absolute atomic E-state index is 0.151. The Morgan fingerprint density at radius 2 is 2.06 bits per heavy atom. The molecule has 0 radical (unpaired) electrons. The van der Waals surface area contributed by atoms with Crippen molar-refractivity contribution in [3.8, 4) is 0 Å². The van der Waals surface area contributed by atoms with Gasteiger partial charge in [0.2, 0.25) is 5.91 Å². The van der Waals surface area contributed by atoms with Crippen molar-refractivity contribution in [2.75, 3.05) is 19.6 Å². The van der Waals surface area contributed by atoms with Crippen molar-refractivity contribution in [1.29, 1.82) is 0 Å². The summed E-state index contributed by atoms with van der Waals surface area (Å²) in [6, 6.07) is -0.227. The number of amides is 1. The lowest BCUT2D eigenvalue weighted by atomic mass is 10.3. The number of nitrogens with zero attached hydrogens (tertiary/aromatic N) is 1. The van der Waals surface area contributed by atoms with Crippen molar-refractivity contribution < 1.29 is 4.79 Å². The van der Waals surface area contributed by atoms with Crippen LogP contribution in [0.15, 0.2) is 0 Å². The third-order valence-electron chi connectivity index (χ3n) is 2.67. The molecule has 1 rings (SSSR count). The second-order valence-electron chi connectivity index (χ2n) is 4.15. The smallest absolute Gasteiger partial charge is 0.244 e. The maximum absolute atomic E-state index is 11.9. The number of nitrogens with one attached hydrogen (secondary N) is 2. The fourth-order valence-corrected chi connectivity index (χ4v) is 2.04. The van der Waals surface area contributed by atoms with Crippen molar-refractivity contribution in [2.24, 2.45) is 0 Å². The summed E-state index contributed by atoms with van der Waals surface area (Å²) in [4.78, 5) is 13.8. The van der Waals surface area contributed by atoms with Gasteiger partial charge in [-0.15, -0.1) is 0 Å². The second kappa shape index (κ2) is 6.68. The average molecular weight is 243 g/mol. The molecule has 1 aliphatic rings. The van der Waals surface area contributed by atoms with Gasteiger partial charge in [0.25, 0.3) is 0 Å². The van der Waals surface area contributed by atoms with Crippen LogP contribution in [0.25, 0.3) is 0 Å². The third kappa shape index (κ3) is 3.96. The van der Waals surface area contributed by atoms with Gasteiger partial charge in [-0.05, 0) is 38.4 Å². The van der Waals surface area contributed by atoms with Crippen LogP contribution in [0.4, 0.5) is 0 Å². The van der Waals surface area contributed by atoms with Crippen LogP contribution in [-0.2, 0) is 4.79 Å². The first kappa shape index (κ1) is 13.2. The van der Waals surface area contributed by atoms with E-state index in [1.54, 1.807) is 0 Å². The molecule has 0 spiro atoms. The summed E-state index contributed by atoms with van der Waals surface area (Å²) in [5.74, 6) is 0.151. The first-order chi connectivity index (χ1) is 7.65. The molecule has 0 aliphatic carbocycles. The Labute approximate surface area is 103 Å². The molecule has 1 amide bonds. The van der Waals surface area contributed by atoms with Crippen LogP contribution in [0.3, 0.4) is 0 Å². The number of rotatable bonds is 4. The van der Waals surface area contributed by atoms with E-state index in [1.807, 2.05) is 11.8 Å². The van der Waals surface area contributed by atoms with Crippen LogP contribution in [0, 0.1) is 0 Å². The van der Waals surface area contributed by atoms with Crippen LogP contribution < -0.4 is 10.6 Å². The van der Waals surface area contributed by atoms with E-state index < -0.39 is 0 Å². The highest BCUT2D eigenvalue weighted by molar-refractivity contribution is 7.80. The van der Waals surface area contributed by atoms with E-state index in [4.69, 9.17) is 12.2 Å². The number of carbonyl (C=O) groups is 1. The maximum atomic E-state index is 11.9. The van der Waals surface area contributed by atoms with Gasteiger partial charge in [0.1, 0.15) is 6.04 Å². The summed E-state index contributed by atoms with van der Waals surface area (Å²) >= 11 is 5.10. The molecule has 2 N–H and O–H groups in total. The number of thiocarbonyl (C=S) groups is 1. The van der Waals surface area contributed by atoms with Gasteiger partial charge < -0.3 is 15.5 Å². The maximum Gasteiger partial charge on any atom is 0.244 e. The van der Waals surface area contributed by atoms with E-state index >= 15 is 0 Å². The molecule has 1 atom stereocenters. The van der Waals surface area contributed by atoms with Crippen molar-refractivity contribution in [3.05, 3.63) is 0 Å². The highest BCUT2D eigenvalue weighted by Gasteiger charge is 2.23. The molecule has 0 bridgehead atoms. The molecule has 1 fully saturated rings. The summed E-state index contributed by atoms with van der Waals surface area (Å²) in [5, 5.41) is 6.65. The minimum atomic E-state index is -0.227. The van der Waals surface area contributed by atoms with Crippen molar-refractivity contribution >= 4 is 23.2 Å². The monoisotopic (exact) mass is 243 g/mol. The van der Waals surface area contributed by atoms with E-state index in [9.17, 15) is 4.79 Å². The van der Waals surface area contributed by atoms with Crippen molar-refractivity contribution in [1.82, 2.24) is 15.5 Å². The molecule has 0 aromatic heterocycles. The van der Waals surface area contributed by atoms with Crippen LogP contribution in [-0.4, -0.2) is 41.6 Å². The first-order valence-electron chi connectivity index (χ1n) is 5.98. The quantitative estimate of drug-likeness (QED) is 0.719. The molecular formula is C11H21N3OS.